The summed E-state index contributed by atoms with van der Waals surface area (Å²) in [5.74, 6) is 0.939. The molecule has 0 aliphatic rings. The highest BCUT2D eigenvalue weighted by atomic mass is 19.1. The minimum Gasteiger partial charge on any atom is -0.493 e. The Bertz CT molecular complexity index is 1050. The van der Waals surface area contributed by atoms with Crippen LogP contribution < -0.4 is 14.8 Å². The molecule has 0 heterocycles. The number of hydrogen-bond donors (Lipinski definition) is 1. The molecule has 3 rings (SSSR count). The Morgan fingerprint density at radius 1 is 0.968 bits per heavy atom. The van der Waals surface area contributed by atoms with E-state index < -0.39 is 0 Å². The zero-order valence-electron chi connectivity index (χ0n) is 18.4. The van der Waals surface area contributed by atoms with Gasteiger partial charge in [-0.15, -0.1) is 0 Å². The third-order valence-corrected chi connectivity index (χ3v) is 5.21. The highest BCUT2D eigenvalue weighted by Gasteiger charge is 2.15. The quantitative estimate of drug-likeness (QED) is 0.492. The summed E-state index contributed by atoms with van der Waals surface area (Å²) in [6.07, 6.45) is 0. The Morgan fingerprint density at radius 3 is 2.39 bits per heavy atom. The average molecular weight is 422 g/mol. The molecule has 0 saturated heterocycles. The highest BCUT2D eigenvalue weighted by molar-refractivity contribution is 5.94. The fourth-order valence-corrected chi connectivity index (χ4v) is 3.21. The van der Waals surface area contributed by atoms with Gasteiger partial charge in [-0.3, -0.25) is 4.79 Å². The second-order valence-corrected chi connectivity index (χ2v) is 7.54. The molecule has 162 valence electrons. The molecule has 31 heavy (non-hydrogen) atoms. The molecule has 0 spiro atoms. The molecule has 1 atom stereocenters. The average Bonchev–Trinajstić information content (AvgIpc) is 2.76. The Labute approximate surface area is 183 Å². The molecule has 0 bridgehead atoms. The summed E-state index contributed by atoms with van der Waals surface area (Å²) in [7, 11) is 0. The van der Waals surface area contributed by atoms with Gasteiger partial charge >= 0.3 is 0 Å². The van der Waals surface area contributed by atoms with Gasteiger partial charge < -0.3 is 14.8 Å². The fourth-order valence-electron chi connectivity index (χ4n) is 3.21. The van der Waals surface area contributed by atoms with Gasteiger partial charge in [-0.25, -0.2) is 4.39 Å². The zero-order valence-corrected chi connectivity index (χ0v) is 18.4. The van der Waals surface area contributed by atoms with Gasteiger partial charge in [0.25, 0.3) is 5.91 Å². The van der Waals surface area contributed by atoms with Crippen LogP contribution in [-0.2, 0) is 6.61 Å². The molecule has 4 nitrogen and oxygen atoms in total. The molecule has 0 aliphatic heterocycles. The number of amides is 1. The Hall–Kier alpha value is -3.34. The first kappa shape index (κ1) is 22.3. The number of carbonyl (C=O) groups excluding carboxylic acids is 1. The standard InChI is InChI=1S/C26H28FNO3/c1-5-30-25-13-9-21(26(29)28-19(4)20-7-10-23(27)11-8-20)15-22(25)16-31-24-12-6-17(2)18(3)14-24/h6-15,19H,5,16H2,1-4H3,(H,28,29)/t19-/m0/s1. The van der Waals surface area contributed by atoms with Crippen LogP contribution in [0.2, 0.25) is 0 Å². The van der Waals surface area contributed by atoms with Crippen molar-refractivity contribution in [1.82, 2.24) is 5.32 Å². The van der Waals surface area contributed by atoms with Crippen molar-refractivity contribution in [3.8, 4) is 11.5 Å². The van der Waals surface area contributed by atoms with Gasteiger partial charge in [0.1, 0.15) is 23.9 Å². The Balaban J connectivity index is 1.75. The van der Waals surface area contributed by atoms with E-state index in [1.165, 1.54) is 17.7 Å². The molecular formula is C26H28FNO3. The molecular weight excluding hydrogens is 393 g/mol. The number of ether oxygens (including phenoxy) is 2. The van der Waals surface area contributed by atoms with Crippen LogP contribution in [0.1, 0.15) is 52.5 Å². The third-order valence-electron chi connectivity index (χ3n) is 5.21. The first-order valence-corrected chi connectivity index (χ1v) is 10.4. The minimum atomic E-state index is -0.304. The van der Waals surface area contributed by atoms with E-state index >= 15 is 0 Å². The third kappa shape index (κ3) is 5.85. The molecule has 0 aliphatic carbocycles. The van der Waals surface area contributed by atoms with E-state index in [2.05, 4.69) is 12.2 Å². The minimum absolute atomic E-state index is 0.215. The van der Waals surface area contributed by atoms with Gasteiger partial charge in [-0.1, -0.05) is 18.2 Å². The highest BCUT2D eigenvalue weighted by Crippen LogP contribution is 2.24. The second kappa shape index (κ2) is 10.1. The Morgan fingerprint density at radius 2 is 1.71 bits per heavy atom. The maximum Gasteiger partial charge on any atom is 0.251 e. The van der Waals surface area contributed by atoms with Crippen molar-refractivity contribution in [3.05, 3.63) is 94.3 Å². The lowest BCUT2D eigenvalue weighted by atomic mass is 10.1. The number of rotatable bonds is 8. The largest absolute Gasteiger partial charge is 0.493 e. The van der Waals surface area contributed by atoms with E-state index in [9.17, 15) is 9.18 Å². The van der Waals surface area contributed by atoms with Gasteiger partial charge in [0.05, 0.1) is 12.6 Å². The summed E-state index contributed by atoms with van der Waals surface area (Å²) in [5, 5.41) is 2.96. The summed E-state index contributed by atoms with van der Waals surface area (Å²) in [4.78, 5) is 12.8. The molecule has 0 fully saturated rings. The van der Waals surface area contributed by atoms with Crippen molar-refractivity contribution in [3.63, 3.8) is 0 Å². The predicted octanol–water partition coefficient (Wildman–Crippen LogP) is 5.91. The van der Waals surface area contributed by atoms with Crippen molar-refractivity contribution in [2.45, 2.75) is 40.3 Å². The van der Waals surface area contributed by atoms with Crippen LogP contribution in [0.5, 0.6) is 11.5 Å². The first-order valence-electron chi connectivity index (χ1n) is 10.4. The second-order valence-electron chi connectivity index (χ2n) is 7.54. The van der Waals surface area contributed by atoms with Crippen LogP contribution in [0.4, 0.5) is 4.39 Å². The summed E-state index contributed by atoms with van der Waals surface area (Å²) >= 11 is 0. The molecule has 1 amide bonds. The molecule has 3 aromatic rings. The van der Waals surface area contributed by atoms with Crippen LogP contribution in [0.15, 0.2) is 60.7 Å². The van der Waals surface area contributed by atoms with Crippen molar-refractivity contribution in [1.29, 1.82) is 0 Å². The number of halogens is 1. The summed E-state index contributed by atoms with van der Waals surface area (Å²) in [6.45, 7) is 8.68. The first-order chi connectivity index (χ1) is 14.9. The van der Waals surface area contributed by atoms with Crippen molar-refractivity contribution >= 4 is 5.91 Å². The topological polar surface area (TPSA) is 47.6 Å². The number of nitrogens with one attached hydrogen (secondary N) is 1. The van der Waals surface area contributed by atoms with E-state index in [-0.39, 0.29) is 24.4 Å². The Kier molecular flexibility index (Phi) is 7.29. The number of carbonyl (C=O) groups is 1. The van der Waals surface area contributed by atoms with Crippen molar-refractivity contribution in [2.24, 2.45) is 0 Å². The molecule has 3 aromatic carbocycles. The summed E-state index contributed by atoms with van der Waals surface area (Å²) in [6, 6.07) is 17.1. The van der Waals surface area contributed by atoms with Crippen LogP contribution in [0, 0.1) is 19.7 Å². The number of aryl methyl sites for hydroxylation is 2. The molecule has 5 heteroatoms. The smallest absolute Gasteiger partial charge is 0.251 e. The SMILES string of the molecule is CCOc1ccc(C(=O)N[C@@H](C)c2ccc(F)cc2)cc1COc1ccc(C)c(C)c1. The van der Waals surface area contributed by atoms with E-state index in [1.54, 1.807) is 30.3 Å². The number of benzene rings is 3. The van der Waals surface area contributed by atoms with E-state index in [0.29, 0.717) is 17.9 Å². The van der Waals surface area contributed by atoms with Crippen LogP contribution in [0.3, 0.4) is 0 Å². The predicted molar refractivity (Wildman–Crippen MR) is 120 cm³/mol. The van der Waals surface area contributed by atoms with Crippen LogP contribution in [-0.4, -0.2) is 12.5 Å². The van der Waals surface area contributed by atoms with Crippen molar-refractivity contribution < 1.29 is 18.7 Å². The molecule has 0 radical (unpaired) electrons. The monoisotopic (exact) mass is 421 g/mol. The van der Waals surface area contributed by atoms with Crippen molar-refractivity contribution in [2.75, 3.05) is 6.61 Å². The lowest BCUT2D eigenvalue weighted by molar-refractivity contribution is 0.0939. The van der Waals surface area contributed by atoms with Gasteiger partial charge in [0, 0.05) is 11.1 Å². The van der Waals surface area contributed by atoms with Gasteiger partial charge in [-0.05, 0) is 86.8 Å². The lowest BCUT2D eigenvalue weighted by Crippen LogP contribution is -2.26. The fraction of sp³-hybridized carbons (Fsp3) is 0.269. The molecule has 0 unspecified atom stereocenters. The van der Waals surface area contributed by atoms with E-state index in [1.807, 2.05) is 39.0 Å². The van der Waals surface area contributed by atoms with Crippen LogP contribution in [0.25, 0.3) is 0 Å². The molecule has 1 N–H and O–H groups in total. The number of hydrogen-bond acceptors (Lipinski definition) is 3. The normalized spacial score (nSPS) is 11.6. The summed E-state index contributed by atoms with van der Waals surface area (Å²) < 4.78 is 24.8. The van der Waals surface area contributed by atoms with Gasteiger partial charge in [0.15, 0.2) is 0 Å². The molecule has 0 aromatic heterocycles. The lowest BCUT2D eigenvalue weighted by Gasteiger charge is -2.16. The molecule has 0 saturated carbocycles. The summed E-state index contributed by atoms with van der Waals surface area (Å²) in [5.41, 5.74) is 4.50. The van der Waals surface area contributed by atoms with Crippen LogP contribution >= 0.6 is 0 Å². The maximum absolute atomic E-state index is 13.1. The maximum atomic E-state index is 13.1. The van der Waals surface area contributed by atoms with E-state index in [0.717, 1.165) is 22.4 Å². The van der Waals surface area contributed by atoms with E-state index in [4.69, 9.17) is 9.47 Å². The van der Waals surface area contributed by atoms with Gasteiger partial charge in [0.2, 0.25) is 0 Å². The van der Waals surface area contributed by atoms with Gasteiger partial charge in [-0.2, -0.15) is 0 Å². The zero-order chi connectivity index (χ0) is 22.4.